The molecule has 1 unspecified atom stereocenters. The van der Waals surface area contributed by atoms with Crippen LogP contribution in [0.4, 0.5) is 0 Å². The number of rotatable bonds is 4. The van der Waals surface area contributed by atoms with Crippen molar-refractivity contribution in [3.63, 3.8) is 0 Å². The summed E-state index contributed by atoms with van der Waals surface area (Å²) in [4.78, 5) is 6.03. The molecule has 0 bridgehead atoms. The topological polar surface area (TPSA) is 24.9 Å². The summed E-state index contributed by atoms with van der Waals surface area (Å²) in [7, 11) is 2.04. The van der Waals surface area contributed by atoms with Gasteiger partial charge in [-0.05, 0) is 33.2 Å². The van der Waals surface area contributed by atoms with Gasteiger partial charge in [0.05, 0.1) is 11.2 Å². The molecule has 0 saturated heterocycles. The maximum absolute atomic E-state index is 4.70. The molecule has 0 aromatic carbocycles. The summed E-state index contributed by atoms with van der Waals surface area (Å²) in [6.07, 6.45) is 1.08. The van der Waals surface area contributed by atoms with E-state index in [1.165, 1.54) is 15.6 Å². The van der Waals surface area contributed by atoms with Gasteiger partial charge in [0.25, 0.3) is 0 Å². The Morgan fingerprint density at radius 2 is 2.00 bits per heavy atom. The van der Waals surface area contributed by atoms with Crippen molar-refractivity contribution in [3.8, 4) is 0 Å². The van der Waals surface area contributed by atoms with Crippen LogP contribution in [0.2, 0.25) is 0 Å². The molecule has 1 rings (SSSR count). The normalized spacial score (nSPS) is 15.7. The average Bonchev–Trinajstić information content (AvgIpc) is 2.50. The van der Waals surface area contributed by atoms with Gasteiger partial charge in [0.2, 0.25) is 0 Å². The maximum Gasteiger partial charge on any atom is 0.113 e. The molecule has 0 fully saturated rings. The second kappa shape index (κ2) is 4.62. The Morgan fingerprint density at radius 1 is 1.40 bits per heavy atom. The zero-order valence-corrected chi connectivity index (χ0v) is 11.5. The number of nitrogens with one attached hydrogen (secondary N) is 1. The predicted octanol–water partition coefficient (Wildman–Crippen LogP) is 3.24. The van der Waals surface area contributed by atoms with E-state index in [4.69, 9.17) is 4.98 Å². The highest BCUT2D eigenvalue weighted by atomic mass is 32.1. The smallest absolute Gasteiger partial charge is 0.113 e. The third-order valence-corrected chi connectivity index (χ3v) is 4.65. The van der Waals surface area contributed by atoms with Crippen LogP contribution in [0.3, 0.4) is 0 Å². The third-order valence-electron chi connectivity index (χ3n) is 3.40. The van der Waals surface area contributed by atoms with Crippen molar-refractivity contribution in [1.82, 2.24) is 10.3 Å². The molecule has 1 atom stereocenters. The number of nitrogens with zero attached hydrogens (tertiary/aromatic N) is 1. The Morgan fingerprint density at radius 3 is 2.27 bits per heavy atom. The lowest BCUT2D eigenvalue weighted by Crippen LogP contribution is -2.44. The van der Waals surface area contributed by atoms with Crippen molar-refractivity contribution in [2.45, 2.75) is 46.6 Å². The van der Waals surface area contributed by atoms with E-state index in [0.717, 1.165) is 6.42 Å². The number of hydrogen-bond acceptors (Lipinski definition) is 3. The minimum atomic E-state index is 0.0453. The molecule has 0 spiro atoms. The lowest BCUT2D eigenvalue weighted by molar-refractivity contribution is 0.245. The van der Waals surface area contributed by atoms with Gasteiger partial charge in [0, 0.05) is 4.88 Å². The Labute approximate surface area is 97.1 Å². The molecule has 0 aliphatic carbocycles. The van der Waals surface area contributed by atoms with Crippen LogP contribution >= 0.6 is 11.3 Å². The summed E-state index contributed by atoms with van der Waals surface area (Å²) in [5.41, 5.74) is 1.22. The van der Waals surface area contributed by atoms with E-state index in [1.807, 2.05) is 18.4 Å². The van der Waals surface area contributed by atoms with Gasteiger partial charge in [-0.3, -0.25) is 0 Å². The minimum absolute atomic E-state index is 0.0453. The van der Waals surface area contributed by atoms with Gasteiger partial charge in [-0.2, -0.15) is 0 Å². The van der Waals surface area contributed by atoms with Crippen molar-refractivity contribution in [2.24, 2.45) is 5.92 Å². The first kappa shape index (κ1) is 12.7. The molecule has 0 amide bonds. The van der Waals surface area contributed by atoms with Crippen molar-refractivity contribution in [2.75, 3.05) is 7.05 Å². The molecule has 1 heterocycles. The molecule has 0 aliphatic heterocycles. The average molecular weight is 226 g/mol. The molecule has 0 radical (unpaired) electrons. The van der Waals surface area contributed by atoms with Gasteiger partial charge in [0.1, 0.15) is 5.01 Å². The Kier molecular flexibility index (Phi) is 3.90. The fourth-order valence-electron chi connectivity index (χ4n) is 2.04. The Hall–Kier alpha value is -0.410. The molecule has 3 heteroatoms. The predicted molar refractivity (Wildman–Crippen MR) is 67.5 cm³/mol. The molecule has 0 saturated carbocycles. The van der Waals surface area contributed by atoms with E-state index in [0.29, 0.717) is 5.92 Å². The lowest BCUT2D eigenvalue weighted by Gasteiger charge is -2.34. The molecular formula is C12H22N2S. The number of thiazole rings is 1. The van der Waals surface area contributed by atoms with Gasteiger partial charge in [0.15, 0.2) is 0 Å². The summed E-state index contributed by atoms with van der Waals surface area (Å²) >= 11 is 1.83. The molecule has 1 aromatic heterocycles. The number of aromatic nitrogens is 1. The molecule has 86 valence electrons. The van der Waals surface area contributed by atoms with Crippen LogP contribution in [-0.4, -0.2) is 12.0 Å². The van der Waals surface area contributed by atoms with Gasteiger partial charge < -0.3 is 5.32 Å². The van der Waals surface area contributed by atoms with Crippen LogP contribution in [0.25, 0.3) is 0 Å². The van der Waals surface area contributed by atoms with Crippen molar-refractivity contribution in [1.29, 1.82) is 0 Å². The third kappa shape index (κ3) is 2.08. The van der Waals surface area contributed by atoms with Crippen molar-refractivity contribution in [3.05, 3.63) is 15.6 Å². The zero-order chi connectivity index (χ0) is 11.6. The summed E-state index contributed by atoms with van der Waals surface area (Å²) in [5.74, 6) is 0.553. The van der Waals surface area contributed by atoms with Gasteiger partial charge in [-0.25, -0.2) is 4.98 Å². The Balaban J connectivity index is 3.20. The van der Waals surface area contributed by atoms with Crippen LogP contribution in [0.15, 0.2) is 0 Å². The van der Waals surface area contributed by atoms with E-state index >= 15 is 0 Å². The number of hydrogen-bond donors (Lipinski definition) is 1. The van der Waals surface area contributed by atoms with E-state index in [2.05, 4.69) is 39.9 Å². The zero-order valence-electron chi connectivity index (χ0n) is 10.6. The summed E-state index contributed by atoms with van der Waals surface area (Å²) in [6, 6.07) is 0. The molecule has 1 aromatic rings. The monoisotopic (exact) mass is 226 g/mol. The molecule has 15 heavy (non-hydrogen) atoms. The van der Waals surface area contributed by atoms with Crippen LogP contribution < -0.4 is 5.32 Å². The molecular weight excluding hydrogens is 204 g/mol. The SMILES string of the molecule is CCC(NC)(c1nc(C)c(C)s1)C(C)C. The van der Waals surface area contributed by atoms with Crippen LogP contribution in [0, 0.1) is 19.8 Å². The van der Waals surface area contributed by atoms with Gasteiger partial charge in [-0.15, -0.1) is 11.3 Å². The first-order chi connectivity index (χ1) is 6.97. The Bertz CT molecular complexity index is 305. The molecule has 1 N–H and O–H groups in total. The van der Waals surface area contributed by atoms with Gasteiger partial charge in [-0.1, -0.05) is 20.8 Å². The highest BCUT2D eigenvalue weighted by molar-refractivity contribution is 7.11. The van der Waals surface area contributed by atoms with Crippen LogP contribution in [-0.2, 0) is 5.54 Å². The summed E-state index contributed by atoms with van der Waals surface area (Å²) in [6.45, 7) is 11.0. The summed E-state index contributed by atoms with van der Waals surface area (Å²) < 4.78 is 0. The van der Waals surface area contributed by atoms with Gasteiger partial charge >= 0.3 is 0 Å². The highest BCUT2D eigenvalue weighted by Crippen LogP contribution is 2.36. The fourth-order valence-corrected chi connectivity index (χ4v) is 3.37. The standard InChI is InChI=1S/C12H22N2S/c1-7-12(13-6,8(2)3)11-14-9(4)10(5)15-11/h8,13H,7H2,1-6H3. The van der Waals surface area contributed by atoms with Crippen molar-refractivity contribution < 1.29 is 0 Å². The lowest BCUT2D eigenvalue weighted by atomic mass is 9.84. The second-order valence-corrected chi connectivity index (χ2v) is 5.59. The second-order valence-electron chi connectivity index (χ2n) is 4.39. The molecule has 2 nitrogen and oxygen atoms in total. The first-order valence-electron chi connectivity index (χ1n) is 5.61. The van der Waals surface area contributed by atoms with Crippen LogP contribution in [0.1, 0.15) is 42.8 Å². The summed E-state index contributed by atoms with van der Waals surface area (Å²) in [5, 5.41) is 4.70. The highest BCUT2D eigenvalue weighted by Gasteiger charge is 2.35. The number of aryl methyl sites for hydroxylation is 2. The quantitative estimate of drug-likeness (QED) is 0.852. The van der Waals surface area contributed by atoms with E-state index < -0.39 is 0 Å². The maximum atomic E-state index is 4.70. The first-order valence-corrected chi connectivity index (χ1v) is 6.43. The minimum Gasteiger partial charge on any atom is -0.308 e. The largest absolute Gasteiger partial charge is 0.308 e. The fraction of sp³-hybridized carbons (Fsp3) is 0.750. The van der Waals surface area contributed by atoms with Crippen LogP contribution in [0.5, 0.6) is 0 Å². The van der Waals surface area contributed by atoms with E-state index in [-0.39, 0.29) is 5.54 Å². The van der Waals surface area contributed by atoms with E-state index in [1.54, 1.807) is 0 Å². The van der Waals surface area contributed by atoms with Crippen molar-refractivity contribution >= 4 is 11.3 Å². The van der Waals surface area contributed by atoms with E-state index in [9.17, 15) is 0 Å². The molecule has 0 aliphatic rings.